The summed E-state index contributed by atoms with van der Waals surface area (Å²) in [6, 6.07) is 6.92. The minimum absolute atomic E-state index is 0.193. The van der Waals surface area contributed by atoms with Crippen LogP contribution in [-0.2, 0) is 6.54 Å². The third-order valence-corrected chi connectivity index (χ3v) is 4.17. The number of hydrogen-bond acceptors (Lipinski definition) is 3. The summed E-state index contributed by atoms with van der Waals surface area (Å²) in [5, 5.41) is 3.71. The average Bonchev–Trinajstić information content (AvgIpc) is 2.33. The molecule has 0 spiro atoms. The van der Waals surface area contributed by atoms with Crippen LogP contribution in [0.1, 0.15) is 45.5 Å². The molecule has 3 heteroatoms. The first kappa shape index (κ1) is 15.5. The summed E-state index contributed by atoms with van der Waals surface area (Å²) < 4.78 is 0. The van der Waals surface area contributed by atoms with Gasteiger partial charge >= 0.3 is 0 Å². The van der Waals surface area contributed by atoms with Gasteiger partial charge in [-0.25, -0.2) is 0 Å². The Morgan fingerprint density at radius 3 is 2.80 bits per heavy atom. The highest BCUT2D eigenvalue weighted by Gasteiger charge is 2.34. The Balaban J connectivity index is 2.06. The van der Waals surface area contributed by atoms with Gasteiger partial charge in [0.2, 0.25) is 0 Å². The van der Waals surface area contributed by atoms with E-state index >= 15 is 0 Å². The van der Waals surface area contributed by atoms with Gasteiger partial charge in [-0.3, -0.25) is 9.88 Å². The lowest BCUT2D eigenvalue weighted by Gasteiger charge is -2.46. The van der Waals surface area contributed by atoms with E-state index < -0.39 is 0 Å². The fourth-order valence-corrected chi connectivity index (χ4v) is 2.97. The Labute approximate surface area is 123 Å². The molecule has 20 heavy (non-hydrogen) atoms. The summed E-state index contributed by atoms with van der Waals surface area (Å²) in [5.41, 5.74) is 2.48. The topological polar surface area (TPSA) is 28.2 Å². The van der Waals surface area contributed by atoms with E-state index in [0.29, 0.717) is 6.04 Å². The van der Waals surface area contributed by atoms with Crippen molar-refractivity contribution in [2.45, 2.75) is 59.2 Å². The van der Waals surface area contributed by atoms with E-state index in [1.807, 2.05) is 0 Å². The molecule has 3 nitrogen and oxygen atoms in total. The minimum Gasteiger partial charge on any atom is -0.311 e. The highest BCUT2D eigenvalue weighted by atomic mass is 15.3. The number of aryl methyl sites for hydroxylation is 1. The van der Waals surface area contributed by atoms with Gasteiger partial charge in [-0.15, -0.1) is 0 Å². The van der Waals surface area contributed by atoms with Gasteiger partial charge in [0, 0.05) is 36.9 Å². The molecule has 1 aromatic heterocycles. The number of hydrogen-bond donors (Lipinski definition) is 1. The van der Waals surface area contributed by atoms with Crippen LogP contribution in [0.2, 0.25) is 0 Å². The van der Waals surface area contributed by atoms with Gasteiger partial charge in [-0.05, 0) is 45.2 Å². The lowest BCUT2D eigenvalue weighted by Crippen LogP contribution is -2.61. The Bertz CT molecular complexity index is 440. The Morgan fingerprint density at radius 1 is 1.40 bits per heavy atom. The summed E-state index contributed by atoms with van der Waals surface area (Å²) in [5.74, 6) is 0.743. The standard InChI is InChI=1S/C17H29N3/c1-13(2)9-16-11-20(17(4,5)12-18-16)10-15-8-6-7-14(3)19-15/h6-8,13,16,18H,9-12H2,1-5H3. The van der Waals surface area contributed by atoms with E-state index in [9.17, 15) is 0 Å². The molecule has 0 saturated carbocycles. The van der Waals surface area contributed by atoms with Crippen molar-refractivity contribution in [2.24, 2.45) is 5.92 Å². The smallest absolute Gasteiger partial charge is 0.0547 e. The summed E-state index contributed by atoms with van der Waals surface area (Å²) in [6.45, 7) is 14.4. The number of rotatable bonds is 4. The highest BCUT2D eigenvalue weighted by molar-refractivity contribution is 5.11. The van der Waals surface area contributed by atoms with Crippen molar-refractivity contribution in [1.82, 2.24) is 15.2 Å². The highest BCUT2D eigenvalue weighted by Crippen LogP contribution is 2.23. The van der Waals surface area contributed by atoms with Crippen molar-refractivity contribution >= 4 is 0 Å². The van der Waals surface area contributed by atoms with Gasteiger partial charge in [0.15, 0.2) is 0 Å². The molecule has 1 aliphatic heterocycles. The van der Waals surface area contributed by atoms with Crippen LogP contribution in [0.5, 0.6) is 0 Å². The van der Waals surface area contributed by atoms with Gasteiger partial charge < -0.3 is 5.32 Å². The molecule has 1 unspecified atom stereocenters. The van der Waals surface area contributed by atoms with Crippen LogP contribution in [0.3, 0.4) is 0 Å². The Morgan fingerprint density at radius 2 is 2.15 bits per heavy atom. The van der Waals surface area contributed by atoms with Crippen LogP contribution in [0, 0.1) is 12.8 Å². The van der Waals surface area contributed by atoms with Gasteiger partial charge in [0.25, 0.3) is 0 Å². The zero-order valence-corrected chi connectivity index (χ0v) is 13.6. The molecule has 1 atom stereocenters. The third-order valence-electron chi connectivity index (χ3n) is 4.17. The lowest BCUT2D eigenvalue weighted by atomic mass is 9.93. The van der Waals surface area contributed by atoms with Crippen molar-refractivity contribution in [3.05, 3.63) is 29.6 Å². The normalized spacial score (nSPS) is 23.2. The van der Waals surface area contributed by atoms with Crippen LogP contribution in [-0.4, -0.2) is 34.6 Å². The van der Waals surface area contributed by atoms with Crippen LogP contribution in [0.15, 0.2) is 18.2 Å². The average molecular weight is 275 g/mol. The van der Waals surface area contributed by atoms with Crippen LogP contribution in [0.4, 0.5) is 0 Å². The molecule has 1 aliphatic rings. The van der Waals surface area contributed by atoms with Crippen molar-refractivity contribution in [3.63, 3.8) is 0 Å². The van der Waals surface area contributed by atoms with Gasteiger partial charge in [-0.2, -0.15) is 0 Å². The molecule has 0 aliphatic carbocycles. The quantitative estimate of drug-likeness (QED) is 0.915. The maximum Gasteiger partial charge on any atom is 0.0547 e. The first-order valence-corrected chi connectivity index (χ1v) is 7.78. The molecule has 1 saturated heterocycles. The van der Waals surface area contributed by atoms with E-state index in [2.05, 4.69) is 68.0 Å². The lowest BCUT2D eigenvalue weighted by molar-refractivity contribution is 0.0524. The first-order valence-electron chi connectivity index (χ1n) is 7.78. The predicted molar refractivity (Wildman–Crippen MR) is 84.7 cm³/mol. The van der Waals surface area contributed by atoms with E-state index in [-0.39, 0.29) is 5.54 Å². The molecule has 0 amide bonds. The number of nitrogens with zero attached hydrogens (tertiary/aromatic N) is 2. The maximum absolute atomic E-state index is 4.66. The van der Waals surface area contributed by atoms with Crippen LogP contribution in [0.25, 0.3) is 0 Å². The van der Waals surface area contributed by atoms with Crippen LogP contribution >= 0.6 is 0 Å². The molecule has 0 bridgehead atoms. The second-order valence-corrected chi connectivity index (χ2v) is 7.17. The fourth-order valence-electron chi connectivity index (χ4n) is 2.97. The van der Waals surface area contributed by atoms with Gasteiger partial charge in [0.05, 0.1) is 5.69 Å². The van der Waals surface area contributed by atoms with E-state index in [4.69, 9.17) is 0 Å². The molecule has 2 rings (SSSR count). The van der Waals surface area contributed by atoms with Gasteiger partial charge in [-0.1, -0.05) is 19.9 Å². The van der Waals surface area contributed by atoms with Gasteiger partial charge in [0.1, 0.15) is 0 Å². The molecular formula is C17H29N3. The molecular weight excluding hydrogens is 246 g/mol. The zero-order chi connectivity index (χ0) is 14.8. The molecule has 2 heterocycles. The summed E-state index contributed by atoms with van der Waals surface area (Å²) in [7, 11) is 0. The largest absolute Gasteiger partial charge is 0.311 e. The van der Waals surface area contributed by atoms with Crippen molar-refractivity contribution in [1.29, 1.82) is 0 Å². The second-order valence-electron chi connectivity index (χ2n) is 7.17. The van der Waals surface area contributed by atoms with Crippen molar-refractivity contribution < 1.29 is 0 Å². The Hall–Kier alpha value is -0.930. The molecule has 1 N–H and O–H groups in total. The van der Waals surface area contributed by atoms with Crippen molar-refractivity contribution in [2.75, 3.05) is 13.1 Å². The predicted octanol–water partition coefficient (Wildman–Crippen LogP) is 2.99. The number of piperazine rings is 1. The minimum atomic E-state index is 0.193. The second kappa shape index (κ2) is 6.23. The fraction of sp³-hybridized carbons (Fsp3) is 0.706. The monoisotopic (exact) mass is 275 g/mol. The van der Waals surface area contributed by atoms with Crippen molar-refractivity contribution in [3.8, 4) is 0 Å². The number of aromatic nitrogens is 1. The SMILES string of the molecule is Cc1cccc(CN2CC(CC(C)C)NCC2(C)C)n1. The Kier molecular flexibility index (Phi) is 4.82. The number of nitrogens with one attached hydrogen (secondary N) is 1. The van der Waals surface area contributed by atoms with E-state index in [1.165, 1.54) is 12.1 Å². The van der Waals surface area contributed by atoms with E-state index in [1.54, 1.807) is 0 Å². The molecule has 1 fully saturated rings. The maximum atomic E-state index is 4.66. The third kappa shape index (κ3) is 4.03. The molecule has 0 radical (unpaired) electrons. The van der Waals surface area contributed by atoms with Crippen LogP contribution < -0.4 is 5.32 Å². The summed E-state index contributed by atoms with van der Waals surface area (Å²) >= 11 is 0. The molecule has 0 aromatic carbocycles. The number of pyridine rings is 1. The molecule has 112 valence electrons. The molecule has 1 aromatic rings. The first-order chi connectivity index (χ1) is 9.37. The summed E-state index contributed by atoms with van der Waals surface area (Å²) in [4.78, 5) is 7.24. The zero-order valence-electron chi connectivity index (χ0n) is 13.6. The van der Waals surface area contributed by atoms with E-state index in [0.717, 1.165) is 31.2 Å². The summed E-state index contributed by atoms with van der Waals surface area (Å²) in [6.07, 6.45) is 1.24.